The molecule has 2 heterocycles. The molecule has 7 nitrogen and oxygen atoms in total. The number of anilines is 1. The van der Waals surface area contributed by atoms with Crippen LogP contribution in [0, 0.1) is 10.1 Å². The minimum atomic E-state index is -0.446. The highest BCUT2D eigenvalue weighted by atomic mass is 32.1. The zero-order chi connectivity index (χ0) is 12.8. The van der Waals surface area contributed by atoms with Crippen LogP contribution in [-0.2, 0) is 0 Å². The van der Waals surface area contributed by atoms with Gasteiger partial charge in [-0.15, -0.1) is 0 Å². The summed E-state index contributed by atoms with van der Waals surface area (Å²) >= 11 is 1.34. The first-order valence-corrected chi connectivity index (χ1v) is 6.52. The van der Waals surface area contributed by atoms with E-state index in [4.69, 9.17) is 0 Å². The number of thiazole rings is 1. The van der Waals surface area contributed by atoms with Crippen molar-refractivity contribution in [1.82, 2.24) is 9.38 Å². The molecule has 1 saturated carbocycles. The minimum Gasteiger partial charge on any atom is -0.394 e. The zero-order valence-corrected chi connectivity index (χ0v) is 10.3. The second-order valence-electron chi connectivity index (χ2n) is 4.51. The third kappa shape index (κ3) is 1.57. The van der Waals surface area contributed by atoms with Crippen LogP contribution >= 0.6 is 11.3 Å². The van der Waals surface area contributed by atoms with Crippen LogP contribution in [0.2, 0.25) is 0 Å². The summed E-state index contributed by atoms with van der Waals surface area (Å²) in [5, 5.41) is 25.3. The predicted octanol–water partition coefficient (Wildman–Crippen LogP) is 1.63. The maximum Gasteiger partial charge on any atom is 0.372 e. The zero-order valence-electron chi connectivity index (χ0n) is 9.50. The molecule has 0 radical (unpaired) electrons. The number of hydrogen-bond acceptors (Lipinski definition) is 6. The summed E-state index contributed by atoms with van der Waals surface area (Å²) in [5.74, 6) is 0.187. The quantitative estimate of drug-likeness (QED) is 0.649. The average Bonchev–Trinajstić information content (AvgIpc) is 2.81. The topological polar surface area (TPSA) is 92.7 Å². The fraction of sp³-hybridized carbons (Fsp3) is 0.500. The molecule has 0 bridgehead atoms. The summed E-state index contributed by atoms with van der Waals surface area (Å²) in [6.07, 6.45) is 4.27. The number of aliphatic hydroxyl groups is 1. The van der Waals surface area contributed by atoms with E-state index in [1.54, 1.807) is 11.6 Å². The molecule has 0 spiro atoms. The van der Waals surface area contributed by atoms with E-state index in [9.17, 15) is 15.2 Å². The van der Waals surface area contributed by atoms with Gasteiger partial charge in [-0.25, -0.2) is 0 Å². The van der Waals surface area contributed by atoms with Gasteiger partial charge in [-0.2, -0.15) is 9.38 Å². The maximum atomic E-state index is 11.1. The Kier molecular flexibility index (Phi) is 2.49. The molecule has 2 aromatic rings. The van der Waals surface area contributed by atoms with Gasteiger partial charge in [0.05, 0.1) is 12.1 Å². The molecule has 1 aliphatic carbocycles. The number of nitro groups is 1. The van der Waals surface area contributed by atoms with Crippen LogP contribution in [0.25, 0.3) is 4.96 Å². The maximum absolute atomic E-state index is 11.1. The van der Waals surface area contributed by atoms with Gasteiger partial charge < -0.3 is 20.5 Å². The average molecular weight is 268 g/mol. The van der Waals surface area contributed by atoms with Crippen molar-refractivity contribution in [2.24, 2.45) is 0 Å². The largest absolute Gasteiger partial charge is 0.394 e. The van der Waals surface area contributed by atoms with Crippen molar-refractivity contribution in [2.45, 2.75) is 24.8 Å². The molecule has 8 heteroatoms. The van der Waals surface area contributed by atoms with Crippen LogP contribution in [0.4, 0.5) is 11.6 Å². The van der Waals surface area contributed by atoms with Gasteiger partial charge in [-0.1, -0.05) is 11.3 Å². The third-order valence-corrected chi connectivity index (χ3v) is 4.16. The van der Waals surface area contributed by atoms with Crippen molar-refractivity contribution in [3.63, 3.8) is 0 Å². The molecule has 1 fully saturated rings. The molecule has 0 saturated heterocycles. The minimum absolute atomic E-state index is 0.0324. The molecule has 0 unspecified atom stereocenters. The summed E-state index contributed by atoms with van der Waals surface area (Å²) in [5.41, 5.74) is -0.436. The molecule has 0 atom stereocenters. The second-order valence-corrected chi connectivity index (χ2v) is 5.39. The molecule has 0 aliphatic heterocycles. The van der Waals surface area contributed by atoms with Gasteiger partial charge in [0.15, 0.2) is 0 Å². The smallest absolute Gasteiger partial charge is 0.372 e. The van der Waals surface area contributed by atoms with E-state index in [-0.39, 0.29) is 18.2 Å². The molecule has 0 amide bonds. The second kappa shape index (κ2) is 3.92. The number of aliphatic hydroxyl groups excluding tert-OH is 1. The van der Waals surface area contributed by atoms with Crippen molar-refractivity contribution >= 4 is 27.9 Å². The summed E-state index contributed by atoms with van der Waals surface area (Å²) in [6.45, 7) is -0.0324. The van der Waals surface area contributed by atoms with Crippen LogP contribution < -0.4 is 5.32 Å². The Balaban J connectivity index is 2.03. The molecule has 2 N–H and O–H groups in total. The van der Waals surface area contributed by atoms with E-state index in [0.717, 1.165) is 19.3 Å². The van der Waals surface area contributed by atoms with E-state index in [0.29, 0.717) is 4.96 Å². The van der Waals surface area contributed by atoms with Gasteiger partial charge in [-0.3, -0.25) is 0 Å². The van der Waals surface area contributed by atoms with Gasteiger partial charge in [0.1, 0.15) is 6.20 Å². The third-order valence-electron chi connectivity index (χ3n) is 3.41. The van der Waals surface area contributed by atoms with Crippen molar-refractivity contribution < 1.29 is 10.0 Å². The summed E-state index contributed by atoms with van der Waals surface area (Å²) in [4.78, 5) is 15.5. The summed E-state index contributed by atoms with van der Waals surface area (Å²) in [6, 6.07) is 0. The predicted molar refractivity (Wildman–Crippen MR) is 67.0 cm³/mol. The van der Waals surface area contributed by atoms with Crippen LogP contribution in [0.1, 0.15) is 19.3 Å². The van der Waals surface area contributed by atoms with Crippen molar-refractivity contribution in [3.8, 4) is 0 Å². The molecule has 18 heavy (non-hydrogen) atoms. The normalized spacial score (nSPS) is 17.6. The van der Waals surface area contributed by atoms with E-state index in [1.807, 2.05) is 0 Å². The molecule has 96 valence electrons. The van der Waals surface area contributed by atoms with Gasteiger partial charge in [0.2, 0.25) is 5.82 Å². The van der Waals surface area contributed by atoms with Crippen molar-refractivity contribution in [3.05, 3.63) is 21.7 Å². The van der Waals surface area contributed by atoms with Crippen LogP contribution in [-0.4, -0.2) is 31.6 Å². The van der Waals surface area contributed by atoms with Gasteiger partial charge in [0, 0.05) is 5.38 Å². The number of aromatic nitrogens is 2. The SMILES string of the molecule is O=[N+]([O-])c1c(NC2(CO)CCC2)nc2sccn12. The Morgan fingerprint density at radius 1 is 1.67 bits per heavy atom. The molecule has 3 rings (SSSR count). The highest BCUT2D eigenvalue weighted by molar-refractivity contribution is 7.15. The lowest BCUT2D eigenvalue weighted by molar-refractivity contribution is -0.389. The number of rotatable bonds is 4. The molecule has 0 aromatic carbocycles. The Hall–Kier alpha value is -1.67. The summed E-state index contributed by atoms with van der Waals surface area (Å²) < 4.78 is 1.46. The first kappa shape index (κ1) is 11.4. The van der Waals surface area contributed by atoms with E-state index < -0.39 is 10.5 Å². The molecular weight excluding hydrogens is 256 g/mol. The van der Waals surface area contributed by atoms with Crippen molar-refractivity contribution in [2.75, 3.05) is 11.9 Å². The van der Waals surface area contributed by atoms with Crippen molar-refractivity contribution in [1.29, 1.82) is 0 Å². The molecule has 1 aliphatic rings. The van der Waals surface area contributed by atoms with Gasteiger partial charge in [0.25, 0.3) is 4.96 Å². The Labute approximate surface area is 106 Å². The van der Waals surface area contributed by atoms with E-state index in [2.05, 4.69) is 10.3 Å². The number of nitrogens with one attached hydrogen (secondary N) is 1. The number of hydrogen-bond donors (Lipinski definition) is 2. The lowest BCUT2D eigenvalue weighted by atomic mass is 9.77. The van der Waals surface area contributed by atoms with E-state index in [1.165, 1.54) is 15.7 Å². The fourth-order valence-corrected chi connectivity index (χ4v) is 2.92. The highest BCUT2D eigenvalue weighted by Crippen LogP contribution is 2.38. The first-order chi connectivity index (χ1) is 8.65. The van der Waals surface area contributed by atoms with Gasteiger partial charge >= 0.3 is 5.82 Å². The summed E-state index contributed by atoms with van der Waals surface area (Å²) in [7, 11) is 0. The lowest BCUT2D eigenvalue weighted by Gasteiger charge is -2.40. The Morgan fingerprint density at radius 3 is 3.00 bits per heavy atom. The van der Waals surface area contributed by atoms with Crippen LogP contribution in [0.5, 0.6) is 0 Å². The highest BCUT2D eigenvalue weighted by Gasteiger charge is 2.39. The Bertz CT molecular complexity index is 596. The standard InChI is InChI=1S/C10H12N4O3S/c15-6-10(2-1-3-10)12-7-8(14(16)17)13-4-5-18-9(13)11-7/h4-5,12,15H,1-3,6H2. The molecular formula is C10H12N4O3S. The van der Waals surface area contributed by atoms with E-state index >= 15 is 0 Å². The molecule has 2 aromatic heterocycles. The van der Waals surface area contributed by atoms with Crippen LogP contribution in [0.15, 0.2) is 11.6 Å². The fourth-order valence-electron chi connectivity index (χ4n) is 2.21. The number of nitrogens with zero attached hydrogens (tertiary/aromatic N) is 3. The number of fused-ring (bicyclic) bond motifs is 1. The van der Waals surface area contributed by atoms with Crippen LogP contribution in [0.3, 0.4) is 0 Å². The van der Waals surface area contributed by atoms with Gasteiger partial charge in [-0.05, 0) is 24.2 Å². The monoisotopic (exact) mass is 268 g/mol. The first-order valence-electron chi connectivity index (χ1n) is 5.64. The lowest BCUT2D eigenvalue weighted by Crippen LogP contribution is -2.48. The Morgan fingerprint density at radius 2 is 2.44 bits per heavy atom. The number of imidazole rings is 1.